The number of para-hydroxylation sites is 3. The summed E-state index contributed by atoms with van der Waals surface area (Å²) in [5.74, 6) is 0.604. The highest BCUT2D eigenvalue weighted by atomic mass is 35.5. The van der Waals surface area contributed by atoms with Crippen LogP contribution in [0.25, 0.3) is 23.2 Å². The molecule has 0 radical (unpaired) electrons. The lowest BCUT2D eigenvalue weighted by Crippen LogP contribution is -2.44. The lowest BCUT2D eigenvalue weighted by Gasteiger charge is -2.32. The summed E-state index contributed by atoms with van der Waals surface area (Å²) in [6.45, 7) is 6.70. The van der Waals surface area contributed by atoms with Gasteiger partial charge in [-0.2, -0.15) is 0 Å². The number of carbonyl (C=O) groups is 1. The first-order valence-electron chi connectivity index (χ1n) is 12.3. The molecule has 0 unspecified atom stereocenters. The van der Waals surface area contributed by atoms with E-state index < -0.39 is 0 Å². The van der Waals surface area contributed by atoms with Crippen LogP contribution in [0.3, 0.4) is 0 Å². The maximum atomic E-state index is 14.1. The highest BCUT2D eigenvalue weighted by molar-refractivity contribution is 6.37. The van der Waals surface area contributed by atoms with Gasteiger partial charge in [-0.15, -0.1) is 0 Å². The summed E-state index contributed by atoms with van der Waals surface area (Å²) in [5.41, 5.74) is 5.52. The first-order valence-corrected chi connectivity index (χ1v) is 13.1. The molecule has 1 amide bonds. The standard InChI is InChI=1S/C30H31Cl2N3O2/c1-5-22-11-8-10-20(2)30(22)35(21(3)19-37-4)29(36)18-34-27-15-7-6-14-26(27)33-28(34)17-16-23-24(31)12-9-13-25(23)32/h6-17,21H,5,18-19H2,1-4H3/b17-16+/t21-/m0/s1. The molecule has 192 valence electrons. The fraction of sp³-hybridized carbons (Fsp3) is 0.267. The van der Waals surface area contributed by atoms with Crippen LogP contribution >= 0.6 is 23.2 Å². The number of aryl methyl sites for hydroxylation is 2. The number of nitrogens with zero attached hydrogens (tertiary/aromatic N) is 3. The molecule has 0 spiro atoms. The SMILES string of the molecule is CCc1cccc(C)c1N(C(=O)Cn1c(/C=C/c2c(Cl)cccc2Cl)nc2ccccc21)[C@@H](C)COC. The molecule has 0 aliphatic heterocycles. The van der Waals surface area contributed by atoms with Gasteiger partial charge in [0.1, 0.15) is 12.4 Å². The fourth-order valence-electron chi connectivity index (χ4n) is 4.68. The molecule has 4 rings (SSSR count). The number of benzene rings is 3. The van der Waals surface area contributed by atoms with E-state index in [9.17, 15) is 4.79 Å². The number of rotatable bonds is 9. The van der Waals surface area contributed by atoms with Gasteiger partial charge in [0, 0.05) is 22.7 Å². The molecule has 37 heavy (non-hydrogen) atoms. The number of hydrogen-bond donors (Lipinski definition) is 0. The van der Waals surface area contributed by atoms with Gasteiger partial charge in [0.05, 0.1) is 29.4 Å². The summed E-state index contributed by atoms with van der Waals surface area (Å²) in [5, 5.41) is 1.10. The van der Waals surface area contributed by atoms with E-state index >= 15 is 0 Å². The van der Waals surface area contributed by atoms with Crippen LogP contribution in [0.1, 0.15) is 36.4 Å². The molecule has 0 aliphatic carbocycles. The van der Waals surface area contributed by atoms with Crippen LogP contribution in [0.15, 0.2) is 60.7 Å². The van der Waals surface area contributed by atoms with Gasteiger partial charge in [-0.1, -0.05) is 66.5 Å². The van der Waals surface area contributed by atoms with Crippen LogP contribution in [-0.2, 0) is 22.5 Å². The molecule has 1 heterocycles. The Morgan fingerprint density at radius 1 is 1.05 bits per heavy atom. The van der Waals surface area contributed by atoms with Crippen LogP contribution < -0.4 is 4.90 Å². The third kappa shape index (κ3) is 5.74. The summed E-state index contributed by atoms with van der Waals surface area (Å²) in [4.78, 5) is 20.8. The van der Waals surface area contributed by atoms with E-state index in [0.29, 0.717) is 28.0 Å². The van der Waals surface area contributed by atoms with Gasteiger partial charge in [-0.25, -0.2) is 4.98 Å². The smallest absolute Gasteiger partial charge is 0.247 e. The summed E-state index contributed by atoms with van der Waals surface area (Å²) in [7, 11) is 1.66. The van der Waals surface area contributed by atoms with Gasteiger partial charge >= 0.3 is 0 Å². The van der Waals surface area contributed by atoms with Crippen molar-refractivity contribution in [2.24, 2.45) is 0 Å². The number of ether oxygens (including phenoxy) is 1. The van der Waals surface area contributed by atoms with Gasteiger partial charge in [-0.3, -0.25) is 4.79 Å². The molecular formula is C30H31Cl2N3O2. The molecule has 0 saturated heterocycles. The van der Waals surface area contributed by atoms with Gasteiger partial charge in [0.2, 0.25) is 5.91 Å². The molecule has 1 aromatic heterocycles. The van der Waals surface area contributed by atoms with Crippen molar-refractivity contribution in [3.8, 4) is 0 Å². The Balaban J connectivity index is 1.78. The highest BCUT2D eigenvalue weighted by Gasteiger charge is 2.26. The second-order valence-corrected chi connectivity index (χ2v) is 9.83. The van der Waals surface area contributed by atoms with E-state index in [2.05, 4.69) is 13.0 Å². The van der Waals surface area contributed by atoms with Crippen molar-refractivity contribution in [2.45, 2.75) is 39.8 Å². The Labute approximate surface area is 228 Å². The molecule has 7 heteroatoms. The first-order chi connectivity index (χ1) is 17.8. The minimum absolute atomic E-state index is 0.0397. The zero-order chi connectivity index (χ0) is 26.5. The van der Waals surface area contributed by atoms with E-state index in [1.165, 1.54) is 0 Å². The van der Waals surface area contributed by atoms with Crippen LogP contribution in [0.4, 0.5) is 5.69 Å². The van der Waals surface area contributed by atoms with Crippen molar-refractivity contribution in [3.63, 3.8) is 0 Å². The first kappa shape index (κ1) is 26.9. The van der Waals surface area contributed by atoms with E-state index in [-0.39, 0.29) is 18.5 Å². The van der Waals surface area contributed by atoms with Gasteiger partial charge in [0.15, 0.2) is 0 Å². The quantitative estimate of drug-likeness (QED) is 0.223. The average molecular weight is 537 g/mol. The van der Waals surface area contributed by atoms with Gasteiger partial charge in [-0.05, 0) is 67.8 Å². The molecule has 0 N–H and O–H groups in total. The zero-order valence-corrected chi connectivity index (χ0v) is 23.1. The topological polar surface area (TPSA) is 47.4 Å². The Morgan fingerprint density at radius 3 is 2.46 bits per heavy atom. The van der Waals surface area contributed by atoms with E-state index in [1.54, 1.807) is 19.2 Å². The lowest BCUT2D eigenvalue weighted by atomic mass is 10.0. The molecular weight excluding hydrogens is 505 g/mol. The normalized spacial score (nSPS) is 12.4. The Kier molecular flexibility index (Phi) is 8.70. The fourth-order valence-corrected chi connectivity index (χ4v) is 5.21. The van der Waals surface area contributed by atoms with Crippen LogP contribution in [0.2, 0.25) is 10.0 Å². The van der Waals surface area contributed by atoms with Crippen molar-refractivity contribution < 1.29 is 9.53 Å². The molecule has 4 aromatic rings. The molecule has 0 aliphatic rings. The monoisotopic (exact) mass is 535 g/mol. The molecule has 0 bridgehead atoms. The van der Waals surface area contributed by atoms with E-state index in [4.69, 9.17) is 32.9 Å². The molecule has 3 aromatic carbocycles. The minimum Gasteiger partial charge on any atom is -0.383 e. The number of fused-ring (bicyclic) bond motifs is 1. The Hall–Kier alpha value is -3.12. The summed E-state index contributed by atoms with van der Waals surface area (Å²) >= 11 is 12.8. The maximum absolute atomic E-state index is 14.1. The third-order valence-electron chi connectivity index (χ3n) is 6.44. The van der Waals surface area contributed by atoms with Gasteiger partial charge < -0.3 is 14.2 Å². The van der Waals surface area contributed by atoms with Crippen LogP contribution in [-0.4, -0.2) is 35.2 Å². The highest BCUT2D eigenvalue weighted by Crippen LogP contribution is 2.30. The van der Waals surface area contributed by atoms with Crippen molar-refractivity contribution in [2.75, 3.05) is 18.6 Å². The second-order valence-electron chi connectivity index (χ2n) is 9.02. The minimum atomic E-state index is -0.153. The summed E-state index contributed by atoms with van der Waals surface area (Å²) < 4.78 is 7.40. The predicted molar refractivity (Wildman–Crippen MR) is 155 cm³/mol. The van der Waals surface area contributed by atoms with Crippen LogP contribution in [0.5, 0.6) is 0 Å². The van der Waals surface area contributed by atoms with Crippen molar-refractivity contribution in [1.29, 1.82) is 0 Å². The number of hydrogen-bond acceptors (Lipinski definition) is 3. The van der Waals surface area contributed by atoms with Crippen molar-refractivity contribution >= 4 is 58.0 Å². The van der Waals surface area contributed by atoms with E-state index in [1.807, 2.05) is 77.9 Å². The zero-order valence-electron chi connectivity index (χ0n) is 21.5. The number of aromatic nitrogens is 2. The predicted octanol–water partition coefficient (Wildman–Crippen LogP) is 7.45. The summed E-state index contributed by atoms with van der Waals surface area (Å²) in [6, 6.07) is 19.2. The summed E-state index contributed by atoms with van der Waals surface area (Å²) in [6.07, 6.45) is 4.52. The Morgan fingerprint density at radius 2 is 1.76 bits per heavy atom. The van der Waals surface area contributed by atoms with E-state index in [0.717, 1.165) is 34.3 Å². The maximum Gasteiger partial charge on any atom is 0.247 e. The van der Waals surface area contributed by atoms with Gasteiger partial charge in [0.25, 0.3) is 0 Å². The van der Waals surface area contributed by atoms with Crippen LogP contribution in [0, 0.1) is 6.92 Å². The average Bonchev–Trinajstić information content (AvgIpc) is 3.22. The number of methoxy groups -OCH3 is 1. The third-order valence-corrected chi connectivity index (χ3v) is 7.10. The van der Waals surface area contributed by atoms with Crippen molar-refractivity contribution in [1.82, 2.24) is 9.55 Å². The molecule has 5 nitrogen and oxygen atoms in total. The van der Waals surface area contributed by atoms with Crippen molar-refractivity contribution in [3.05, 3.63) is 93.2 Å². The number of carbonyl (C=O) groups excluding carboxylic acids is 1. The number of halogens is 2. The number of anilines is 1. The molecule has 1 atom stereocenters. The lowest BCUT2D eigenvalue weighted by molar-refractivity contribution is -0.119. The molecule has 0 fully saturated rings. The number of amides is 1. The second kappa shape index (κ2) is 12.0. The largest absolute Gasteiger partial charge is 0.383 e. The molecule has 0 saturated carbocycles. The number of imidazole rings is 1. The Bertz CT molecular complexity index is 1420.